The van der Waals surface area contributed by atoms with Gasteiger partial charge in [0.15, 0.2) is 11.5 Å². The number of benzene rings is 1. The van der Waals surface area contributed by atoms with Crippen LogP contribution in [0.2, 0.25) is 0 Å². The summed E-state index contributed by atoms with van der Waals surface area (Å²) in [6.07, 6.45) is 0. The van der Waals surface area contributed by atoms with Gasteiger partial charge in [-0.15, -0.1) is 0 Å². The number of rotatable bonds is 7. The molecule has 0 saturated heterocycles. The van der Waals surface area contributed by atoms with Crippen LogP contribution in [-0.4, -0.2) is 30.6 Å². The molecule has 0 radical (unpaired) electrons. The summed E-state index contributed by atoms with van der Waals surface area (Å²) in [5.41, 5.74) is 1.07. The van der Waals surface area contributed by atoms with Crippen LogP contribution in [0.4, 0.5) is 5.69 Å². The molecule has 0 aliphatic heterocycles. The molecule has 0 fully saturated rings. The monoisotopic (exact) mass is 373 g/mol. The summed E-state index contributed by atoms with van der Waals surface area (Å²) in [7, 11) is 3.07. The van der Waals surface area contributed by atoms with Crippen molar-refractivity contribution in [2.75, 3.05) is 19.5 Å². The van der Waals surface area contributed by atoms with E-state index in [0.29, 0.717) is 17.2 Å². The summed E-state index contributed by atoms with van der Waals surface area (Å²) in [5.74, 6) is 0.419. The van der Waals surface area contributed by atoms with E-state index < -0.39 is 5.56 Å². The van der Waals surface area contributed by atoms with E-state index >= 15 is 0 Å². The van der Waals surface area contributed by atoms with Crippen molar-refractivity contribution in [2.24, 2.45) is 0 Å². The Morgan fingerprint density at radius 3 is 2.48 bits per heavy atom. The predicted molar refractivity (Wildman–Crippen MR) is 101 cm³/mol. The fourth-order valence-electron chi connectivity index (χ4n) is 2.64. The fourth-order valence-corrected chi connectivity index (χ4v) is 2.64. The number of carbonyl (C=O) groups excluding carboxylic acids is 2. The molecule has 27 heavy (non-hydrogen) atoms. The van der Waals surface area contributed by atoms with Gasteiger partial charge in [-0.3, -0.25) is 14.4 Å². The Labute approximate surface area is 157 Å². The van der Waals surface area contributed by atoms with Crippen molar-refractivity contribution in [3.8, 4) is 11.5 Å². The Morgan fingerprint density at radius 1 is 1.11 bits per heavy atom. The second-order valence-corrected chi connectivity index (χ2v) is 5.89. The number of pyridine rings is 1. The maximum Gasteiger partial charge on any atom is 0.274 e. The molecule has 2 aromatic rings. The summed E-state index contributed by atoms with van der Waals surface area (Å²) < 4.78 is 11.9. The van der Waals surface area contributed by atoms with Crippen molar-refractivity contribution in [3.63, 3.8) is 0 Å². The standard InChI is InChI=1S/C19H23N3O5/c1-12-8-9-15(21-13(2)23)19(25)22(12)11-17(24)20-10-14-6-5-7-16(26-3)18(14)27-4/h5-9H,10-11H2,1-4H3,(H,20,24)(H,21,23). The number of amides is 2. The Kier molecular flexibility index (Phi) is 6.59. The molecule has 0 aliphatic carbocycles. The molecule has 1 aromatic carbocycles. The highest BCUT2D eigenvalue weighted by molar-refractivity contribution is 5.88. The zero-order valence-corrected chi connectivity index (χ0v) is 15.8. The predicted octanol–water partition coefficient (Wildman–Crippen LogP) is 1.45. The number of nitrogens with one attached hydrogen (secondary N) is 2. The highest BCUT2D eigenvalue weighted by atomic mass is 16.5. The molecule has 0 spiro atoms. The number of aryl methyl sites for hydroxylation is 1. The lowest BCUT2D eigenvalue weighted by molar-refractivity contribution is -0.122. The molecule has 144 valence electrons. The maximum atomic E-state index is 12.5. The van der Waals surface area contributed by atoms with Crippen LogP contribution < -0.4 is 25.7 Å². The Bertz CT molecular complexity index is 905. The third-order valence-corrected chi connectivity index (χ3v) is 3.97. The minimum absolute atomic E-state index is 0.135. The number of hydrogen-bond acceptors (Lipinski definition) is 5. The van der Waals surface area contributed by atoms with E-state index in [0.717, 1.165) is 5.56 Å². The lowest BCUT2D eigenvalue weighted by Gasteiger charge is -2.14. The number of carbonyl (C=O) groups is 2. The molecule has 1 heterocycles. The van der Waals surface area contributed by atoms with E-state index in [9.17, 15) is 14.4 Å². The lowest BCUT2D eigenvalue weighted by atomic mass is 10.2. The summed E-state index contributed by atoms with van der Waals surface area (Å²) >= 11 is 0. The molecule has 2 N–H and O–H groups in total. The van der Waals surface area contributed by atoms with Crippen molar-refractivity contribution in [1.29, 1.82) is 0 Å². The van der Waals surface area contributed by atoms with Gasteiger partial charge in [-0.25, -0.2) is 0 Å². The van der Waals surface area contributed by atoms with Gasteiger partial charge in [-0.05, 0) is 25.1 Å². The van der Waals surface area contributed by atoms with Crippen LogP contribution >= 0.6 is 0 Å². The fraction of sp³-hybridized carbons (Fsp3) is 0.316. The van der Waals surface area contributed by atoms with Crippen molar-refractivity contribution in [2.45, 2.75) is 26.9 Å². The quantitative estimate of drug-likeness (QED) is 0.765. The van der Waals surface area contributed by atoms with Crippen LogP contribution in [0.5, 0.6) is 11.5 Å². The van der Waals surface area contributed by atoms with Crippen molar-refractivity contribution >= 4 is 17.5 Å². The minimum atomic E-state index is -0.431. The number of ether oxygens (including phenoxy) is 2. The van der Waals surface area contributed by atoms with E-state index in [1.165, 1.54) is 31.8 Å². The van der Waals surface area contributed by atoms with Crippen LogP contribution in [0.3, 0.4) is 0 Å². The van der Waals surface area contributed by atoms with Gasteiger partial charge in [0.1, 0.15) is 12.2 Å². The zero-order valence-electron chi connectivity index (χ0n) is 15.8. The van der Waals surface area contributed by atoms with E-state index in [-0.39, 0.29) is 30.6 Å². The molecule has 1 aromatic heterocycles. The molecular weight excluding hydrogens is 350 g/mol. The first-order valence-corrected chi connectivity index (χ1v) is 8.32. The largest absolute Gasteiger partial charge is 0.493 e. The van der Waals surface area contributed by atoms with Gasteiger partial charge < -0.3 is 24.7 Å². The average Bonchev–Trinajstić information content (AvgIpc) is 2.64. The molecule has 8 nitrogen and oxygen atoms in total. The van der Waals surface area contributed by atoms with E-state index in [2.05, 4.69) is 10.6 Å². The van der Waals surface area contributed by atoms with Gasteiger partial charge in [0.2, 0.25) is 11.8 Å². The second-order valence-electron chi connectivity index (χ2n) is 5.89. The Hall–Kier alpha value is -3.29. The van der Waals surface area contributed by atoms with Crippen molar-refractivity contribution in [3.05, 3.63) is 51.9 Å². The molecule has 0 atom stereocenters. The van der Waals surface area contributed by atoms with E-state index in [4.69, 9.17) is 9.47 Å². The maximum absolute atomic E-state index is 12.5. The van der Waals surface area contributed by atoms with Gasteiger partial charge in [-0.1, -0.05) is 12.1 Å². The average molecular weight is 373 g/mol. The SMILES string of the molecule is COc1cccc(CNC(=O)Cn2c(C)ccc(NC(C)=O)c2=O)c1OC. The lowest BCUT2D eigenvalue weighted by Crippen LogP contribution is -2.34. The van der Waals surface area contributed by atoms with Crippen LogP contribution in [0.25, 0.3) is 0 Å². The van der Waals surface area contributed by atoms with Crippen molar-refractivity contribution < 1.29 is 19.1 Å². The first-order chi connectivity index (χ1) is 12.9. The van der Waals surface area contributed by atoms with Crippen LogP contribution in [-0.2, 0) is 22.7 Å². The van der Waals surface area contributed by atoms with Crippen LogP contribution in [0.15, 0.2) is 35.1 Å². The highest BCUT2D eigenvalue weighted by Crippen LogP contribution is 2.30. The summed E-state index contributed by atoms with van der Waals surface area (Å²) in [4.78, 5) is 36.0. The van der Waals surface area contributed by atoms with Gasteiger partial charge in [0, 0.05) is 24.7 Å². The van der Waals surface area contributed by atoms with Gasteiger partial charge in [0.25, 0.3) is 5.56 Å². The van der Waals surface area contributed by atoms with Gasteiger partial charge in [-0.2, -0.15) is 0 Å². The number of nitrogens with zero attached hydrogens (tertiary/aromatic N) is 1. The van der Waals surface area contributed by atoms with Gasteiger partial charge in [0.05, 0.1) is 14.2 Å². The smallest absolute Gasteiger partial charge is 0.274 e. The normalized spacial score (nSPS) is 10.2. The number of hydrogen-bond donors (Lipinski definition) is 2. The third-order valence-electron chi connectivity index (χ3n) is 3.97. The summed E-state index contributed by atoms with van der Waals surface area (Å²) in [5, 5.41) is 5.23. The molecule has 2 rings (SSSR count). The first-order valence-electron chi connectivity index (χ1n) is 8.32. The highest BCUT2D eigenvalue weighted by Gasteiger charge is 2.13. The van der Waals surface area contributed by atoms with Gasteiger partial charge >= 0.3 is 0 Å². The molecular formula is C19H23N3O5. The van der Waals surface area contributed by atoms with Crippen LogP contribution in [0, 0.1) is 6.92 Å². The minimum Gasteiger partial charge on any atom is -0.493 e. The summed E-state index contributed by atoms with van der Waals surface area (Å²) in [6, 6.07) is 8.57. The molecule has 2 amide bonds. The molecule has 8 heteroatoms. The molecule has 0 bridgehead atoms. The number of anilines is 1. The van der Waals surface area contributed by atoms with Crippen LogP contribution in [0.1, 0.15) is 18.2 Å². The van der Waals surface area contributed by atoms with E-state index in [1.807, 2.05) is 6.07 Å². The van der Waals surface area contributed by atoms with E-state index in [1.54, 1.807) is 25.1 Å². The Morgan fingerprint density at radius 2 is 1.85 bits per heavy atom. The Balaban J connectivity index is 2.13. The summed E-state index contributed by atoms with van der Waals surface area (Å²) in [6.45, 7) is 3.10. The molecule has 0 aliphatic rings. The number of methoxy groups -OCH3 is 2. The second kappa shape index (κ2) is 8.88. The number of para-hydroxylation sites is 1. The first kappa shape index (κ1) is 20.0. The zero-order chi connectivity index (χ0) is 20.0. The topological polar surface area (TPSA) is 98.7 Å². The van der Waals surface area contributed by atoms with Crippen molar-refractivity contribution in [1.82, 2.24) is 9.88 Å². The third kappa shape index (κ3) is 4.87. The molecule has 0 saturated carbocycles. The number of aromatic nitrogens is 1. The molecule has 0 unspecified atom stereocenters.